The van der Waals surface area contributed by atoms with Crippen LogP contribution in [0.2, 0.25) is 5.02 Å². The van der Waals surface area contributed by atoms with Crippen LogP contribution in [-0.2, 0) is 33.4 Å². The molecule has 0 saturated heterocycles. The van der Waals surface area contributed by atoms with Crippen molar-refractivity contribution in [2.45, 2.75) is 37.4 Å². The molecule has 3 aromatic rings. The van der Waals surface area contributed by atoms with Gasteiger partial charge in [-0.05, 0) is 41.9 Å². The summed E-state index contributed by atoms with van der Waals surface area (Å²) in [5, 5.41) is 5.75. The van der Waals surface area contributed by atoms with Crippen molar-refractivity contribution in [3.05, 3.63) is 104 Å². The molecule has 0 fully saturated rings. The van der Waals surface area contributed by atoms with Crippen LogP contribution >= 0.6 is 11.6 Å². The monoisotopic (exact) mass is 674 g/mol. The highest BCUT2D eigenvalue weighted by molar-refractivity contribution is 6.30. The minimum atomic E-state index is -2.42. The van der Waals surface area contributed by atoms with E-state index in [0.717, 1.165) is 26.5 Å². The summed E-state index contributed by atoms with van der Waals surface area (Å²) >= 11 is 5.92. The lowest BCUT2D eigenvalue weighted by Gasteiger charge is -2.27. The van der Waals surface area contributed by atoms with Gasteiger partial charge in [-0.15, -0.1) is 0 Å². The Morgan fingerprint density at radius 3 is 2.40 bits per heavy atom. The van der Waals surface area contributed by atoms with Crippen molar-refractivity contribution in [3.8, 4) is 0 Å². The second-order valence-electron chi connectivity index (χ2n) is 9.36. The van der Waals surface area contributed by atoms with Gasteiger partial charge in [-0.3, -0.25) is 9.36 Å². The third-order valence-corrected chi connectivity index (χ3v) is 6.53. The van der Waals surface area contributed by atoms with E-state index in [4.69, 9.17) is 31.4 Å². The number of anilines is 1. The lowest BCUT2D eigenvalue weighted by Crippen LogP contribution is -2.41. The minimum Gasteiger partial charge on any atom is -0.469 e. The summed E-state index contributed by atoms with van der Waals surface area (Å²) in [6.45, 7) is -0.460. The molecule has 2 unspecified atom stereocenters. The highest BCUT2D eigenvalue weighted by Gasteiger charge is 2.37. The minimum absolute atomic E-state index is 0.0644. The average molecular weight is 675 g/mol. The number of methoxy groups -OCH3 is 2. The molecule has 0 aliphatic carbocycles. The van der Waals surface area contributed by atoms with E-state index in [1.807, 2.05) is 0 Å². The lowest BCUT2D eigenvalue weighted by atomic mass is 10.1. The first-order valence-corrected chi connectivity index (χ1v) is 14.0. The van der Waals surface area contributed by atoms with E-state index in [0.29, 0.717) is 4.57 Å². The number of benzene rings is 2. The Kier molecular flexibility index (Phi) is 13.5. The fourth-order valence-corrected chi connectivity index (χ4v) is 4.19. The van der Waals surface area contributed by atoms with Gasteiger partial charge in [0.15, 0.2) is 6.17 Å². The number of esters is 4. The first-order chi connectivity index (χ1) is 22.6. The van der Waals surface area contributed by atoms with Crippen molar-refractivity contribution >= 4 is 41.3 Å². The van der Waals surface area contributed by atoms with E-state index < -0.39 is 73.6 Å². The molecule has 0 aliphatic rings. The maximum Gasteiger partial charge on any atom is 0.352 e. The van der Waals surface area contributed by atoms with Crippen LogP contribution in [0.4, 0.5) is 10.2 Å². The highest BCUT2D eigenvalue weighted by Crippen LogP contribution is 2.25. The van der Waals surface area contributed by atoms with Gasteiger partial charge in [0.2, 0.25) is 6.23 Å². The van der Waals surface area contributed by atoms with Crippen LogP contribution in [0.25, 0.3) is 10.4 Å². The van der Waals surface area contributed by atoms with Gasteiger partial charge in [0, 0.05) is 22.6 Å². The molecule has 0 radical (unpaired) electrons. The number of rotatable bonds is 16. The van der Waals surface area contributed by atoms with Gasteiger partial charge < -0.3 is 29.1 Å². The van der Waals surface area contributed by atoms with Gasteiger partial charge in [-0.2, -0.15) is 4.98 Å². The fraction of sp³-hybridized carbons (Fsp3) is 0.310. The topological polar surface area (TPSA) is 210 Å². The molecule has 18 heteroatoms. The zero-order valence-corrected chi connectivity index (χ0v) is 25.6. The molecular formula is C29H28ClFN6O10. The van der Waals surface area contributed by atoms with Crippen LogP contribution in [0.15, 0.2) is 76.9 Å². The number of alkyl halides is 1. The molecule has 1 aromatic heterocycles. The standard InChI is InChI=1S/C29H28ClFN6O10/c1-43-23(38)16-20(28(41)44-2)33-22-11-13-37(29(42)34-22)25(47-36-35-32)24(31)21(46-27(40)17-7-4-3-5-8-17)12-14-45-26(39)18-9-6-10-19(30)15-18/h3-11,13,15,20-21,24-25H,12,14,16H2,1-2H3,(H,33,34,42)/t20-,21?,24-,25?/m0/s1. The van der Waals surface area contributed by atoms with Crippen molar-refractivity contribution < 1.29 is 47.4 Å². The third-order valence-electron chi connectivity index (χ3n) is 6.29. The van der Waals surface area contributed by atoms with Gasteiger partial charge in [0.1, 0.15) is 23.2 Å². The van der Waals surface area contributed by atoms with E-state index in [-0.39, 0.29) is 22.0 Å². The molecule has 47 heavy (non-hydrogen) atoms. The number of nitrogens with zero attached hydrogens (tertiary/aromatic N) is 5. The second-order valence-corrected chi connectivity index (χ2v) is 9.80. The van der Waals surface area contributed by atoms with Crippen LogP contribution in [0.5, 0.6) is 0 Å². The molecule has 0 spiro atoms. The number of aromatic nitrogens is 2. The molecule has 4 atom stereocenters. The largest absolute Gasteiger partial charge is 0.469 e. The number of carbonyl (C=O) groups is 4. The van der Waals surface area contributed by atoms with Crippen LogP contribution < -0.4 is 11.0 Å². The summed E-state index contributed by atoms with van der Waals surface area (Å²) in [5.74, 6) is -3.60. The van der Waals surface area contributed by atoms with Crippen LogP contribution in [0.1, 0.15) is 39.8 Å². The van der Waals surface area contributed by atoms with Crippen molar-refractivity contribution in [3.63, 3.8) is 0 Å². The Bertz CT molecular complexity index is 1670. The molecular weight excluding hydrogens is 647 g/mol. The molecule has 0 aliphatic heterocycles. The SMILES string of the molecule is COC(=O)C[C@H](Nc1ccn(C(ON=[N+]=[N-])[C@@H](F)C(CCOC(=O)c2cccc(Cl)c2)OC(=O)c2ccccc2)c(=O)n1)C(=O)OC. The molecule has 0 amide bonds. The van der Waals surface area contributed by atoms with E-state index >= 15 is 4.39 Å². The van der Waals surface area contributed by atoms with Crippen molar-refractivity contribution in [2.75, 3.05) is 26.1 Å². The van der Waals surface area contributed by atoms with E-state index in [1.165, 1.54) is 30.3 Å². The normalized spacial score (nSPS) is 13.0. The first kappa shape index (κ1) is 35.8. The summed E-state index contributed by atoms with van der Waals surface area (Å²) in [5.41, 5.74) is 7.86. The number of nitrogens with one attached hydrogen (secondary N) is 1. The number of halogens is 2. The molecule has 16 nitrogen and oxygen atoms in total. The molecule has 1 heterocycles. The van der Waals surface area contributed by atoms with E-state index in [2.05, 4.69) is 30.0 Å². The van der Waals surface area contributed by atoms with Crippen molar-refractivity contribution in [1.29, 1.82) is 0 Å². The van der Waals surface area contributed by atoms with Crippen molar-refractivity contribution in [1.82, 2.24) is 9.55 Å². The Labute approximate surface area is 270 Å². The second kappa shape index (κ2) is 17.7. The van der Waals surface area contributed by atoms with Crippen LogP contribution in [0, 0.1) is 0 Å². The summed E-state index contributed by atoms with van der Waals surface area (Å²) < 4.78 is 36.7. The van der Waals surface area contributed by atoms with Gasteiger partial charge in [-0.25, -0.2) is 23.6 Å². The van der Waals surface area contributed by atoms with Crippen LogP contribution in [-0.4, -0.2) is 72.6 Å². The predicted molar refractivity (Wildman–Crippen MR) is 161 cm³/mol. The summed E-state index contributed by atoms with van der Waals surface area (Å²) in [7, 11) is 2.19. The predicted octanol–water partition coefficient (Wildman–Crippen LogP) is 3.96. The number of carbonyl (C=O) groups excluding carboxylic acids is 4. The zero-order valence-electron chi connectivity index (χ0n) is 24.9. The quantitative estimate of drug-likeness (QED) is 0.0571. The molecule has 2 aromatic carbocycles. The zero-order chi connectivity index (χ0) is 34.3. The average Bonchev–Trinajstić information content (AvgIpc) is 3.08. The maximum absolute atomic E-state index is 16.3. The molecule has 1 N–H and O–H groups in total. The van der Waals surface area contributed by atoms with Gasteiger partial charge >= 0.3 is 29.6 Å². The number of ether oxygens (including phenoxy) is 4. The summed E-state index contributed by atoms with van der Waals surface area (Å²) in [6.07, 6.45) is -6.12. The third kappa shape index (κ3) is 10.4. The first-order valence-electron chi connectivity index (χ1n) is 13.6. The lowest BCUT2D eigenvalue weighted by molar-refractivity contribution is -0.148. The van der Waals surface area contributed by atoms with Gasteiger partial charge in [-0.1, -0.05) is 35.9 Å². The number of azide groups is 1. The molecule has 248 valence electrons. The Hall–Kier alpha value is -5.67. The summed E-state index contributed by atoms with van der Waals surface area (Å²) in [6, 6.07) is 13.3. The van der Waals surface area contributed by atoms with Crippen molar-refractivity contribution in [2.24, 2.45) is 5.28 Å². The molecule has 3 rings (SSSR count). The Balaban J connectivity index is 1.89. The van der Waals surface area contributed by atoms with E-state index in [9.17, 15) is 24.0 Å². The summed E-state index contributed by atoms with van der Waals surface area (Å²) in [4.78, 5) is 73.4. The fourth-order valence-electron chi connectivity index (χ4n) is 4.00. The maximum atomic E-state index is 16.3. The Morgan fingerprint density at radius 2 is 1.77 bits per heavy atom. The molecule has 0 bridgehead atoms. The van der Waals surface area contributed by atoms with Crippen LogP contribution in [0.3, 0.4) is 0 Å². The van der Waals surface area contributed by atoms with E-state index in [1.54, 1.807) is 24.3 Å². The van der Waals surface area contributed by atoms with Gasteiger partial charge in [0.25, 0.3) is 0 Å². The Morgan fingerprint density at radius 1 is 1.04 bits per heavy atom. The number of hydrogen-bond donors (Lipinski definition) is 1. The number of hydrogen-bond acceptors (Lipinski definition) is 13. The van der Waals surface area contributed by atoms with Gasteiger partial charge in [0.05, 0.1) is 38.4 Å². The smallest absolute Gasteiger partial charge is 0.352 e. The highest BCUT2D eigenvalue weighted by atomic mass is 35.5. The molecule has 0 saturated carbocycles.